The van der Waals surface area contributed by atoms with Crippen LogP contribution in [-0.4, -0.2) is 5.11 Å². The molecule has 94 valence electrons. The fraction of sp³-hybridized carbons (Fsp3) is 0.143. The number of hydrogen-bond donors (Lipinski definition) is 2. The summed E-state index contributed by atoms with van der Waals surface area (Å²) in [6.07, 6.45) is 0. The van der Waals surface area contributed by atoms with Gasteiger partial charge in [-0.1, -0.05) is 18.2 Å². The van der Waals surface area contributed by atoms with Gasteiger partial charge in [-0.3, -0.25) is 0 Å². The van der Waals surface area contributed by atoms with Gasteiger partial charge in [-0.05, 0) is 46.6 Å². The summed E-state index contributed by atoms with van der Waals surface area (Å²) in [5.74, 6) is -0.0216. The van der Waals surface area contributed by atoms with E-state index in [4.69, 9.17) is 0 Å². The third-order valence-electron chi connectivity index (χ3n) is 2.72. The van der Waals surface area contributed by atoms with E-state index in [0.717, 1.165) is 15.6 Å². The fourth-order valence-electron chi connectivity index (χ4n) is 1.69. The van der Waals surface area contributed by atoms with Crippen molar-refractivity contribution < 1.29 is 9.50 Å². The lowest BCUT2D eigenvalue weighted by molar-refractivity contribution is 0.465. The maximum absolute atomic E-state index is 13.1. The van der Waals surface area contributed by atoms with E-state index in [0.29, 0.717) is 12.2 Å². The Morgan fingerprint density at radius 1 is 1.28 bits per heavy atom. The van der Waals surface area contributed by atoms with Crippen LogP contribution in [0.3, 0.4) is 0 Å². The van der Waals surface area contributed by atoms with Crippen LogP contribution in [0.2, 0.25) is 0 Å². The average molecular weight is 310 g/mol. The Kier molecular flexibility index (Phi) is 3.87. The first-order chi connectivity index (χ1) is 8.58. The maximum Gasteiger partial charge on any atom is 0.125 e. The second-order valence-electron chi connectivity index (χ2n) is 4.06. The molecule has 0 amide bonds. The number of nitrogens with one attached hydrogen (secondary N) is 1. The van der Waals surface area contributed by atoms with Crippen molar-refractivity contribution in [3.63, 3.8) is 0 Å². The smallest absolute Gasteiger partial charge is 0.125 e. The zero-order chi connectivity index (χ0) is 13.1. The predicted molar refractivity (Wildman–Crippen MR) is 74.3 cm³/mol. The summed E-state index contributed by atoms with van der Waals surface area (Å²) < 4.78 is 13.9. The molecule has 0 radical (unpaired) electrons. The summed E-state index contributed by atoms with van der Waals surface area (Å²) in [5, 5.41) is 13.0. The minimum Gasteiger partial charge on any atom is -0.507 e. The zero-order valence-corrected chi connectivity index (χ0v) is 11.5. The summed E-state index contributed by atoms with van der Waals surface area (Å²) >= 11 is 3.35. The van der Waals surface area contributed by atoms with Crippen molar-refractivity contribution in [2.24, 2.45) is 0 Å². The number of aryl methyl sites for hydroxylation is 1. The molecule has 0 unspecified atom stereocenters. The van der Waals surface area contributed by atoms with Gasteiger partial charge in [0.15, 0.2) is 0 Å². The van der Waals surface area contributed by atoms with Crippen molar-refractivity contribution >= 4 is 21.6 Å². The van der Waals surface area contributed by atoms with Gasteiger partial charge in [-0.25, -0.2) is 4.39 Å². The molecule has 0 aliphatic heterocycles. The quantitative estimate of drug-likeness (QED) is 0.890. The molecule has 0 atom stereocenters. The summed E-state index contributed by atoms with van der Waals surface area (Å²) in [4.78, 5) is 0. The molecule has 2 N–H and O–H groups in total. The number of para-hydroxylation sites is 1. The molecule has 4 heteroatoms. The molecule has 0 fully saturated rings. The van der Waals surface area contributed by atoms with E-state index in [-0.39, 0.29) is 11.6 Å². The van der Waals surface area contributed by atoms with Crippen molar-refractivity contribution in [1.29, 1.82) is 0 Å². The fourth-order valence-corrected chi connectivity index (χ4v) is 2.07. The average Bonchev–Trinajstić information content (AvgIpc) is 2.35. The van der Waals surface area contributed by atoms with Crippen molar-refractivity contribution in [3.05, 3.63) is 57.8 Å². The number of halogens is 2. The number of phenols is 1. The number of rotatable bonds is 3. The Bertz CT molecular complexity index is 570. The van der Waals surface area contributed by atoms with E-state index in [1.54, 1.807) is 6.07 Å². The van der Waals surface area contributed by atoms with Crippen LogP contribution in [0.25, 0.3) is 0 Å². The molecule has 0 saturated heterocycles. The van der Waals surface area contributed by atoms with Gasteiger partial charge in [0, 0.05) is 16.6 Å². The first-order valence-corrected chi connectivity index (χ1v) is 6.33. The molecule has 0 saturated carbocycles. The van der Waals surface area contributed by atoms with E-state index >= 15 is 0 Å². The molecule has 2 aromatic carbocycles. The first kappa shape index (κ1) is 12.9. The van der Waals surface area contributed by atoms with E-state index in [2.05, 4.69) is 21.2 Å². The highest BCUT2D eigenvalue weighted by atomic mass is 79.9. The lowest BCUT2D eigenvalue weighted by atomic mass is 10.1. The number of hydrogen-bond acceptors (Lipinski definition) is 2. The van der Waals surface area contributed by atoms with Crippen LogP contribution >= 0.6 is 15.9 Å². The van der Waals surface area contributed by atoms with E-state index in [1.807, 2.05) is 25.1 Å². The van der Waals surface area contributed by atoms with Gasteiger partial charge in [0.05, 0.1) is 5.69 Å². The molecule has 0 aromatic heterocycles. The number of phenolic OH excluding ortho intramolecular Hbond substituents is 1. The van der Waals surface area contributed by atoms with Crippen LogP contribution < -0.4 is 5.32 Å². The normalized spacial score (nSPS) is 10.4. The Morgan fingerprint density at radius 2 is 2.06 bits per heavy atom. The SMILES string of the molecule is Cc1cccc(CNc2cc(F)ccc2Br)c1O. The van der Waals surface area contributed by atoms with Crippen LogP contribution in [0, 0.1) is 12.7 Å². The molecule has 2 nitrogen and oxygen atoms in total. The van der Waals surface area contributed by atoms with E-state index in [1.165, 1.54) is 12.1 Å². The third-order valence-corrected chi connectivity index (χ3v) is 3.41. The largest absolute Gasteiger partial charge is 0.507 e. The second-order valence-corrected chi connectivity index (χ2v) is 4.91. The summed E-state index contributed by atoms with van der Waals surface area (Å²) in [7, 11) is 0. The van der Waals surface area contributed by atoms with Gasteiger partial charge in [0.1, 0.15) is 11.6 Å². The molecule has 18 heavy (non-hydrogen) atoms. The van der Waals surface area contributed by atoms with Gasteiger partial charge >= 0.3 is 0 Å². The molecular weight excluding hydrogens is 297 g/mol. The molecule has 0 spiro atoms. The summed E-state index contributed by atoms with van der Waals surface area (Å²) in [5.41, 5.74) is 2.27. The van der Waals surface area contributed by atoms with Gasteiger partial charge in [0.2, 0.25) is 0 Å². The van der Waals surface area contributed by atoms with Crippen LogP contribution in [0.5, 0.6) is 5.75 Å². The first-order valence-electron chi connectivity index (χ1n) is 5.54. The van der Waals surface area contributed by atoms with Crippen LogP contribution in [0.4, 0.5) is 10.1 Å². The molecular formula is C14H13BrFNO. The monoisotopic (exact) mass is 309 g/mol. The number of aromatic hydroxyl groups is 1. The minimum absolute atomic E-state index is 0.275. The molecule has 2 rings (SSSR count). The van der Waals surface area contributed by atoms with Gasteiger partial charge in [-0.2, -0.15) is 0 Å². The van der Waals surface area contributed by atoms with Crippen LogP contribution in [0.15, 0.2) is 40.9 Å². The maximum atomic E-state index is 13.1. The minimum atomic E-state index is -0.297. The topological polar surface area (TPSA) is 32.3 Å². The second kappa shape index (κ2) is 5.40. The van der Waals surface area contributed by atoms with Gasteiger partial charge in [-0.15, -0.1) is 0 Å². The summed E-state index contributed by atoms with van der Waals surface area (Å²) in [6, 6.07) is 10.0. The lowest BCUT2D eigenvalue weighted by Crippen LogP contribution is -2.01. The molecule has 0 aliphatic rings. The predicted octanol–water partition coefficient (Wildman–Crippen LogP) is 4.21. The van der Waals surface area contributed by atoms with E-state index in [9.17, 15) is 9.50 Å². The van der Waals surface area contributed by atoms with Crippen molar-refractivity contribution in [1.82, 2.24) is 0 Å². The van der Waals surface area contributed by atoms with Crippen LogP contribution in [-0.2, 0) is 6.54 Å². The van der Waals surface area contributed by atoms with Gasteiger partial charge in [0.25, 0.3) is 0 Å². The van der Waals surface area contributed by atoms with Crippen molar-refractivity contribution in [3.8, 4) is 5.75 Å². The van der Waals surface area contributed by atoms with Crippen LogP contribution in [0.1, 0.15) is 11.1 Å². The lowest BCUT2D eigenvalue weighted by Gasteiger charge is -2.11. The molecule has 0 bridgehead atoms. The number of benzene rings is 2. The van der Waals surface area contributed by atoms with Crippen molar-refractivity contribution in [2.75, 3.05) is 5.32 Å². The summed E-state index contributed by atoms with van der Waals surface area (Å²) in [6.45, 7) is 2.28. The Morgan fingerprint density at radius 3 is 2.83 bits per heavy atom. The highest BCUT2D eigenvalue weighted by molar-refractivity contribution is 9.10. The Balaban J connectivity index is 2.16. The highest BCUT2D eigenvalue weighted by Gasteiger charge is 2.05. The van der Waals surface area contributed by atoms with Crippen molar-refractivity contribution in [2.45, 2.75) is 13.5 Å². The van der Waals surface area contributed by atoms with E-state index < -0.39 is 0 Å². The van der Waals surface area contributed by atoms with Gasteiger partial charge < -0.3 is 10.4 Å². The standard InChI is InChI=1S/C14H13BrFNO/c1-9-3-2-4-10(14(9)18)8-17-13-7-11(16)5-6-12(13)15/h2-7,17-18H,8H2,1H3. The highest BCUT2D eigenvalue weighted by Crippen LogP contribution is 2.26. The Hall–Kier alpha value is -1.55. The molecule has 0 heterocycles. The molecule has 0 aliphatic carbocycles. The zero-order valence-electron chi connectivity index (χ0n) is 9.87. The Labute approximate surface area is 114 Å². The molecule has 2 aromatic rings. The number of anilines is 1. The third kappa shape index (κ3) is 2.82.